The summed E-state index contributed by atoms with van der Waals surface area (Å²) >= 11 is 0. The topological polar surface area (TPSA) is 26.3 Å². The summed E-state index contributed by atoms with van der Waals surface area (Å²) in [6, 6.07) is 0. The van der Waals surface area contributed by atoms with E-state index in [4.69, 9.17) is 4.74 Å². The van der Waals surface area contributed by atoms with E-state index in [1.54, 1.807) is 0 Å². The molecule has 0 saturated heterocycles. The number of hydrogen-bond donors (Lipinski definition) is 0. The SMILES string of the molecule is CCCCCCOC(=O)C1(C)C=CC(C)=CC1. The molecule has 0 aliphatic heterocycles. The third kappa shape index (κ3) is 4.37. The van der Waals surface area contributed by atoms with Gasteiger partial charge >= 0.3 is 5.97 Å². The fourth-order valence-electron chi connectivity index (χ4n) is 1.83. The van der Waals surface area contributed by atoms with Gasteiger partial charge in [0.05, 0.1) is 12.0 Å². The molecule has 96 valence electrons. The van der Waals surface area contributed by atoms with Crippen LogP contribution in [-0.2, 0) is 9.53 Å². The molecule has 2 heteroatoms. The molecule has 1 rings (SSSR count). The average molecular weight is 236 g/mol. The monoisotopic (exact) mass is 236 g/mol. The van der Waals surface area contributed by atoms with Crippen molar-refractivity contribution >= 4 is 5.97 Å². The molecule has 0 radical (unpaired) electrons. The molecule has 1 unspecified atom stereocenters. The van der Waals surface area contributed by atoms with Gasteiger partial charge < -0.3 is 4.74 Å². The number of carbonyl (C=O) groups excluding carboxylic acids is 1. The van der Waals surface area contributed by atoms with Crippen LogP contribution in [0.1, 0.15) is 52.9 Å². The lowest BCUT2D eigenvalue weighted by molar-refractivity contribution is -0.152. The Balaban J connectivity index is 2.30. The van der Waals surface area contributed by atoms with E-state index in [2.05, 4.69) is 13.0 Å². The summed E-state index contributed by atoms with van der Waals surface area (Å²) in [4.78, 5) is 12.0. The molecule has 0 amide bonds. The van der Waals surface area contributed by atoms with Crippen LogP contribution in [0.3, 0.4) is 0 Å². The number of carbonyl (C=O) groups is 1. The average Bonchev–Trinajstić information content (AvgIpc) is 2.32. The minimum atomic E-state index is -0.454. The van der Waals surface area contributed by atoms with Gasteiger partial charge in [-0.15, -0.1) is 0 Å². The van der Waals surface area contributed by atoms with Crippen molar-refractivity contribution < 1.29 is 9.53 Å². The fourth-order valence-corrected chi connectivity index (χ4v) is 1.83. The minimum absolute atomic E-state index is 0.0889. The van der Waals surface area contributed by atoms with E-state index < -0.39 is 5.41 Å². The van der Waals surface area contributed by atoms with Crippen molar-refractivity contribution in [3.63, 3.8) is 0 Å². The Morgan fingerprint density at radius 1 is 1.41 bits per heavy atom. The van der Waals surface area contributed by atoms with Crippen molar-refractivity contribution in [3.05, 3.63) is 23.8 Å². The summed E-state index contributed by atoms with van der Waals surface area (Å²) in [5.74, 6) is -0.0889. The number of rotatable bonds is 6. The summed E-state index contributed by atoms with van der Waals surface area (Å²) in [5, 5.41) is 0. The molecule has 0 saturated carbocycles. The van der Waals surface area contributed by atoms with E-state index in [9.17, 15) is 4.79 Å². The molecule has 0 aromatic rings. The normalized spacial score (nSPS) is 23.4. The molecule has 17 heavy (non-hydrogen) atoms. The second-order valence-corrected chi connectivity index (χ2v) is 5.10. The van der Waals surface area contributed by atoms with Crippen LogP contribution in [-0.4, -0.2) is 12.6 Å². The molecule has 1 aliphatic rings. The van der Waals surface area contributed by atoms with E-state index >= 15 is 0 Å². The zero-order chi connectivity index (χ0) is 12.7. The molecule has 0 heterocycles. The second-order valence-electron chi connectivity index (χ2n) is 5.10. The van der Waals surface area contributed by atoms with Gasteiger partial charge in [0.2, 0.25) is 0 Å². The van der Waals surface area contributed by atoms with E-state index in [1.165, 1.54) is 18.4 Å². The number of hydrogen-bond acceptors (Lipinski definition) is 2. The van der Waals surface area contributed by atoms with Gasteiger partial charge in [-0.3, -0.25) is 4.79 Å². The zero-order valence-corrected chi connectivity index (χ0v) is 11.3. The first-order valence-corrected chi connectivity index (χ1v) is 6.62. The molecule has 2 nitrogen and oxygen atoms in total. The van der Waals surface area contributed by atoms with Crippen molar-refractivity contribution in [2.24, 2.45) is 5.41 Å². The van der Waals surface area contributed by atoms with E-state index in [0.29, 0.717) is 6.61 Å². The molecule has 0 aromatic heterocycles. The van der Waals surface area contributed by atoms with Gasteiger partial charge in [-0.1, -0.05) is 50.0 Å². The van der Waals surface area contributed by atoms with Gasteiger partial charge in [0, 0.05) is 0 Å². The van der Waals surface area contributed by atoms with Crippen LogP contribution in [0.25, 0.3) is 0 Å². The van der Waals surface area contributed by atoms with Crippen molar-refractivity contribution in [2.75, 3.05) is 6.61 Å². The highest BCUT2D eigenvalue weighted by Gasteiger charge is 2.32. The van der Waals surface area contributed by atoms with Gasteiger partial charge in [-0.05, 0) is 26.7 Å². The third-order valence-corrected chi connectivity index (χ3v) is 3.26. The molecular formula is C15H24O2. The molecular weight excluding hydrogens is 212 g/mol. The molecule has 0 spiro atoms. The summed E-state index contributed by atoms with van der Waals surface area (Å²) in [6.45, 7) is 6.73. The Morgan fingerprint density at radius 2 is 2.18 bits per heavy atom. The number of unbranched alkanes of at least 4 members (excludes halogenated alkanes) is 3. The maximum Gasteiger partial charge on any atom is 0.315 e. The van der Waals surface area contributed by atoms with E-state index in [-0.39, 0.29) is 5.97 Å². The van der Waals surface area contributed by atoms with E-state index in [0.717, 1.165) is 19.3 Å². The van der Waals surface area contributed by atoms with Crippen LogP contribution < -0.4 is 0 Å². The molecule has 1 atom stereocenters. The summed E-state index contributed by atoms with van der Waals surface area (Å²) in [5.41, 5.74) is 0.766. The number of esters is 1. The lowest BCUT2D eigenvalue weighted by Crippen LogP contribution is -2.29. The zero-order valence-electron chi connectivity index (χ0n) is 11.3. The molecule has 0 N–H and O–H groups in total. The van der Waals surface area contributed by atoms with Gasteiger partial charge in [0.15, 0.2) is 0 Å². The molecule has 1 aliphatic carbocycles. The standard InChI is InChI=1S/C15H24O2/c1-4-5-6-7-12-17-14(16)15(3)10-8-13(2)9-11-15/h8-10H,4-7,11-12H2,1-3H3. The lowest BCUT2D eigenvalue weighted by Gasteiger charge is -2.25. The smallest absolute Gasteiger partial charge is 0.315 e. The molecule has 0 bridgehead atoms. The third-order valence-electron chi connectivity index (χ3n) is 3.26. The summed E-state index contributed by atoms with van der Waals surface area (Å²) < 4.78 is 5.35. The molecule has 0 fully saturated rings. The lowest BCUT2D eigenvalue weighted by atomic mass is 9.82. The predicted octanol–water partition coefficient (Wildman–Crippen LogP) is 4.02. The number of ether oxygens (including phenoxy) is 1. The maximum atomic E-state index is 12.0. The maximum absolute atomic E-state index is 12.0. The van der Waals surface area contributed by atoms with E-state index in [1.807, 2.05) is 26.0 Å². The fraction of sp³-hybridized carbons (Fsp3) is 0.667. The quantitative estimate of drug-likeness (QED) is 0.514. The van der Waals surface area contributed by atoms with Crippen LogP contribution >= 0.6 is 0 Å². The highest BCUT2D eigenvalue weighted by Crippen LogP contribution is 2.30. The predicted molar refractivity (Wildman–Crippen MR) is 70.7 cm³/mol. The first kappa shape index (κ1) is 14.0. The van der Waals surface area contributed by atoms with Crippen molar-refractivity contribution in [1.29, 1.82) is 0 Å². The van der Waals surface area contributed by atoms with Crippen molar-refractivity contribution in [1.82, 2.24) is 0 Å². The van der Waals surface area contributed by atoms with Crippen LogP contribution in [0.2, 0.25) is 0 Å². The highest BCUT2D eigenvalue weighted by molar-refractivity contribution is 5.79. The van der Waals surface area contributed by atoms with Crippen LogP contribution in [0.15, 0.2) is 23.8 Å². The number of allylic oxidation sites excluding steroid dienone is 3. The Hall–Kier alpha value is -1.05. The van der Waals surface area contributed by atoms with Gasteiger partial charge in [-0.25, -0.2) is 0 Å². The van der Waals surface area contributed by atoms with Crippen LogP contribution in [0, 0.1) is 5.41 Å². The van der Waals surface area contributed by atoms with Crippen LogP contribution in [0.4, 0.5) is 0 Å². The largest absolute Gasteiger partial charge is 0.465 e. The van der Waals surface area contributed by atoms with Crippen LogP contribution in [0.5, 0.6) is 0 Å². The van der Waals surface area contributed by atoms with Crippen molar-refractivity contribution in [3.8, 4) is 0 Å². The second kappa shape index (κ2) is 6.63. The van der Waals surface area contributed by atoms with Crippen molar-refractivity contribution in [2.45, 2.75) is 52.9 Å². The molecule has 0 aromatic carbocycles. The Bertz CT molecular complexity index is 315. The highest BCUT2D eigenvalue weighted by atomic mass is 16.5. The Labute approximate surface area is 105 Å². The van der Waals surface area contributed by atoms with Gasteiger partial charge in [-0.2, -0.15) is 0 Å². The first-order chi connectivity index (χ1) is 8.08. The Morgan fingerprint density at radius 3 is 2.76 bits per heavy atom. The van der Waals surface area contributed by atoms with Gasteiger partial charge in [0.25, 0.3) is 0 Å². The summed E-state index contributed by atoms with van der Waals surface area (Å²) in [6.07, 6.45) is 11.4. The van der Waals surface area contributed by atoms with Gasteiger partial charge in [0.1, 0.15) is 0 Å². The first-order valence-electron chi connectivity index (χ1n) is 6.62. The minimum Gasteiger partial charge on any atom is -0.465 e. The summed E-state index contributed by atoms with van der Waals surface area (Å²) in [7, 11) is 0. The Kier molecular flexibility index (Phi) is 5.46.